The molecule has 0 radical (unpaired) electrons. The van der Waals surface area contributed by atoms with E-state index in [1.54, 1.807) is 23.0 Å². The van der Waals surface area contributed by atoms with Gasteiger partial charge in [-0.15, -0.1) is 9.73 Å². The quantitative estimate of drug-likeness (QED) is 0.505. The lowest BCUT2D eigenvalue weighted by Crippen LogP contribution is -2.37. The summed E-state index contributed by atoms with van der Waals surface area (Å²) in [5, 5.41) is 22.1. The molecule has 4 heterocycles. The summed E-state index contributed by atoms with van der Waals surface area (Å²) in [6.45, 7) is 3.09. The number of hydrogen-bond acceptors (Lipinski definition) is 8. The standard InChI is InChI=1S/C24H22N8O/c25-15-16-2-1-3-18(14-16)27-24-26-9-8-19(28-24)22-20-6-7-21(31-10-12-33-13-11-31)29-32(20)30-23(22)17-4-5-17/h1-3,6-9,14,17H,4-5,10-13H2,(H,26,27,28). The second-order valence-electron chi connectivity index (χ2n) is 8.28. The van der Waals surface area contributed by atoms with Crippen LogP contribution in [0.3, 0.4) is 0 Å². The highest BCUT2D eigenvalue weighted by Gasteiger charge is 2.32. The number of ether oxygens (including phenoxy) is 1. The van der Waals surface area contributed by atoms with Gasteiger partial charge in [0.2, 0.25) is 5.95 Å². The monoisotopic (exact) mass is 438 g/mol. The van der Waals surface area contributed by atoms with Crippen LogP contribution >= 0.6 is 0 Å². The van der Waals surface area contributed by atoms with Crippen LogP contribution in [-0.4, -0.2) is 51.1 Å². The topological polar surface area (TPSA) is 104 Å². The summed E-state index contributed by atoms with van der Waals surface area (Å²) >= 11 is 0. The third kappa shape index (κ3) is 3.85. The van der Waals surface area contributed by atoms with Gasteiger partial charge >= 0.3 is 0 Å². The van der Waals surface area contributed by atoms with E-state index < -0.39 is 0 Å². The first-order valence-corrected chi connectivity index (χ1v) is 11.1. The van der Waals surface area contributed by atoms with Crippen molar-refractivity contribution in [1.29, 1.82) is 5.26 Å². The molecule has 1 aliphatic heterocycles. The van der Waals surface area contributed by atoms with Crippen molar-refractivity contribution in [1.82, 2.24) is 24.8 Å². The fourth-order valence-electron chi connectivity index (χ4n) is 4.17. The van der Waals surface area contributed by atoms with Crippen LogP contribution in [0.1, 0.15) is 30.0 Å². The number of nitrogens with one attached hydrogen (secondary N) is 1. The zero-order valence-electron chi connectivity index (χ0n) is 18.0. The molecule has 9 nitrogen and oxygen atoms in total. The molecule has 33 heavy (non-hydrogen) atoms. The molecule has 1 saturated carbocycles. The summed E-state index contributed by atoms with van der Waals surface area (Å²) in [6, 6.07) is 15.5. The highest BCUT2D eigenvalue weighted by Crippen LogP contribution is 2.45. The van der Waals surface area contributed by atoms with E-state index in [2.05, 4.69) is 33.4 Å². The van der Waals surface area contributed by atoms with Gasteiger partial charge in [0.1, 0.15) is 0 Å². The van der Waals surface area contributed by atoms with Crippen molar-refractivity contribution < 1.29 is 4.74 Å². The number of hydrogen-bond donors (Lipinski definition) is 1. The number of rotatable bonds is 5. The van der Waals surface area contributed by atoms with Crippen molar-refractivity contribution in [3.8, 4) is 17.3 Å². The first-order valence-electron chi connectivity index (χ1n) is 11.1. The number of morpholine rings is 1. The SMILES string of the molecule is N#Cc1cccc(Nc2nccc(-c3c(C4CC4)nn4nc(N5CCOCC5)ccc34)n2)c1. The van der Waals surface area contributed by atoms with Crippen molar-refractivity contribution in [2.45, 2.75) is 18.8 Å². The lowest BCUT2D eigenvalue weighted by atomic mass is 10.1. The van der Waals surface area contributed by atoms with Gasteiger partial charge in [-0.3, -0.25) is 0 Å². The molecule has 6 rings (SSSR count). The minimum absolute atomic E-state index is 0.437. The molecule has 1 aliphatic carbocycles. The Kier molecular flexibility index (Phi) is 4.85. The first-order chi connectivity index (χ1) is 16.3. The van der Waals surface area contributed by atoms with E-state index in [9.17, 15) is 0 Å². The highest BCUT2D eigenvalue weighted by molar-refractivity contribution is 5.82. The Morgan fingerprint density at radius 2 is 1.94 bits per heavy atom. The molecule has 9 heteroatoms. The Hall–Kier alpha value is -4.03. The van der Waals surface area contributed by atoms with E-state index in [0.717, 1.165) is 59.9 Å². The van der Waals surface area contributed by atoms with Crippen molar-refractivity contribution in [3.63, 3.8) is 0 Å². The van der Waals surface area contributed by atoms with E-state index >= 15 is 0 Å². The number of fused-ring (bicyclic) bond motifs is 1. The Bertz CT molecular complexity index is 1360. The molecule has 0 amide bonds. The smallest absolute Gasteiger partial charge is 0.227 e. The average molecular weight is 438 g/mol. The Morgan fingerprint density at radius 3 is 2.76 bits per heavy atom. The van der Waals surface area contributed by atoms with Gasteiger partial charge in [0.05, 0.1) is 47.3 Å². The molecule has 1 N–H and O–H groups in total. The van der Waals surface area contributed by atoms with Crippen LogP contribution in [0.15, 0.2) is 48.7 Å². The molecule has 1 saturated heterocycles. The molecule has 164 valence electrons. The molecule has 2 aliphatic rings. The molecule has 0 unspecified atom stereocenters. The zero-order chi connectivity index (χ0) is 22.2. The van der Waals surface area contributed by atoms with Crippen LogP contribution in [0.2, 0.25) is 0 Å². The van der Waals surface area contributed by atoms with E-state index in [0.29, 0.717) is 30.6 Å². The van der Waals surface area contributed by atoms with Gasteiger partial charge in [-0.05, 0) is 49.2 Å². The molecule has 1 aromatic carbocycles. The summed E-state index contributed by atoms with van der Waals surface area (Å²) in [6.07, 6.45) is 4.00. The van der Waals surface area contributed by atoms with Crippen LogP contribution in [-0.2, 0) is 4.74 Å². The van der Waals surface area contributed by atoms with Crippen molar-refractivity contribution in [2.75, 3.05) is 36.5 Å². The average Bonchev–Trinajstić information content (AvgIpc) is 3.64. The molecule has 0 bridgehead atoms. The number of nitrogens with zero attached hydrogens (tertiary/aromatic N) is 7. The summed E-state index contributed by atoms with van der Waals surface area (Å²) in [4.78, 5) is 11.4. The lowest BCUT2D eigenvalue weighted by Gasteiger charge is -2.27. The van der Waals surface area contributed by atoms with Gasteiger partial charge in [0, 0.05) is 30.9 Å². The molecule has 3 aromatic heterocycles. The van der Waals surface area contributed by atoms with E-state index in [4.69, 9.17) is 25.2 Å². The van der Waals surface area contributed by atoms with Crippen molar-refractivity contribution in [2.24, 2.45) is 0 Å². The lowest BCUT2D eigenvalue weighted by molar-refractivity contribution is 0.122. The molecule has 0 spiro atoms. The minimum atomic E-state index is 0.437. The van der Waals surface area contributed by atoms with Crippen LogP contribution in [0.4, 0.5) is 17.5 Å². The van der Waals surface area contributed by atoms with Crippen LogP contribution in [0.25, 0.3) is 16.8 Å². The second kappa shape index (κ2) is 8.15. The van der Waals surface area contributed by atoms with E-state index in [1.807, 2.05) is 18.2 Å². The summed E-state index contributed by atoms with van der Waals surface area (Å²) < 4.78 is 7.22. The predicted molar refractivity (Wildman–Crippen MR) is 123 cm³/mol. The van der Waals surface area contributed by atoms with Crippen LogP contribution in [0, 0.1) is 11.3 Å². The van der Waals surface area contributed by atoms with Gasteiger partial charge in [-0.2, -0.15) is 10.4 Å². The van der Waals surface area contributed by atoms with Gasteiger partial charge in [-0.25, -0.2) is 9.97 Å². The number of benzene rings is 1. The van der Waals surface area contributed by atoms with Gasteiger partial charge in [-0.1, -0.05) is 6.07 Å². The highest BCUT2D eigenvalue weighted by atomic mass is 16.5. The van der Waals surface area contributed by atoms with Gasteiger partial charge < -0.3 is 15.0 Å². The maximum absolute atomic E-state index is 9.16. The van der Waals surface area contributed by atoms with E-state index in [-0.39, 0.29) is 0 Å². The third-order valence-corrected chi connectivity index (χ3v) is 5.98. The third-order valence-electron chi connectivity index (χ3n) is 5.98. The molecule has 0 atom stereocenters. The maximum atomic E-state index is 9.16. The van der Waals surface area contributed by atoms with Gasteiger partial charge in [0.15, 0.2) is 5.82 Å². The Morgan fingerprint density at radius 1 is 1.06 bits per heavy atom. The molecule has 4 aromatic rings. The fourth-order valence-corrected chi connectivity index (χ4v) is 4.17. The summed E-state index contributed by atoms with van der Waals surface area (Å²) in [5.74, 6) is 1.82. The Balaban J connectivity index is 1.38. The number of anilines is 3. The second-order valence-corrected chi connectivity index (χ2v) is 8.28. The minimum Gasteiger partial charge on any atom is -0.378 e. The van der Waals surface area contributed by atoms with Gasteiger partial charge in [0.25, 0.3) is 0 Å². The number of nitriles is 1. The molecule has 2 fully saturated rings. The molecular weight excluding hydrogens is 416 g/mol. The van der Waals surface area contributed by atoms with Crippen LogP contribution < -0.4 is 10.2 Å². The summed E-state index contributed by atoms with van der Waals surface area (Å²) in [7, 11) is 0. The Labute approximate surface area is 190 Å². The summed E-state index contributed by atoms with van der Waals surface area (Å²) in [5.41, 5.74) is 5.14. The zero-order valence-corrected chi connectivity index (χ0v) is 18.0. The predicted octanol–water partition coefficient (Wildman–Crippen LogP) is 3.52. The number of aromatic nitrogens is 5. The fraction of sp³-hybridized carbons (Fsp3) is 0.292. The molecular formula is C24H22N8O. The normalized spacial score (nSPS) is 16.0. The largest absolute Gasteiger partial charge is 0.378 e. The van der Waals surface area contributed by atoms with Crippen LogP contribution in [0.5, 0.6) is 0 Å². The maximum Gasteiger partial charge on any atom is 0.227 e. The van der Waals surface area contributed by atoms with Crippen molar-refractivity contribution in [3.05, 3.63) is 59.9 Å². The van der Waals surface area contributed by atoms with Crippen molar-refractivity contribution >= 4 is 23.0 Å². The first kappa shape index (κ1) is 19.6. The van der Waals surface area contributed by atoms with E-state index in [1.165, 1.54) is 0 Å².